The predicted octanol–water partition coefficient (Wildman–Crippen LogP) is 4.68. The molecule has 0 saturated heterocycles. The lowest BCUT2D eigenvalue weighted by atomic mass is 10.1. The topological polar surface area (TPSA) is 80.0 Å². The quantitative estimate of drug-likeness (QED) is 0.360. The zero-order valence-electron chi connectivity index (χ0n) is 16.7. The van der Waals surface area contributed by atoms with Gasteiger partial charge in [-0.3, -0.25) is 9.36 Å². The SMILES string of the molecule is CCCCNc1ncc2c3ccc(Cl)cc3c(=O)n([C@H]3CCC[C@H](O)CC3)c2n1. The van der Waals surface area contributed by atoms with Gasteiger partial charge in [0, 0.05) is 34.6 Å². The van der Waals surface area contributed by atoms with Crippen LogP contribution in [0.5, 0.6) is 0 Å². The number of fused-ring (bicyclic) bond motifs is 3. The van der Waals surface area contributed by atoms with Gasteiger partial charge in [0.15, 0.2) is 0 Å². The molecule has 0 aliphatic heterocycles. The Balaban J connectivity index is 1.92. The number of unbranched alkanes of at least 4 members (excludes halogenated alkanes) is 1. The molecule has 1 fully saturated rings. The number of aliphatic hydroxyl groups is 1. The van der Waals surface area contributed by atoms with Gasteiger partial charge in [0.25, 0.3) is 5.56 Å². The van der Waals surface area contributed by atoms with E-state index in [0.717, 1.165) is 55.8 Å². The Morgan fingerprint density at radius 1 is 1.21 bits per heavy atom. The number of aliphatic hydroxyl groups excluding tert-OH is 1. The maximum absolute atomic E-state index is 13.5. The standard InChI is InChI=1S/C22H27ClN4O2/c1-2-3-11-24-22-25-13-19-17-10-7-14(23)12-18(17)21(29)27(20(19)26-22)15-5-4-6-16(28)9-8-15/h7,10,12-13,15-16,28H,2-6,8-9,11H2,1H3,(H,24,25,26)/t15-,16-/m0/s1. The maximum atomic E-state index is 13.5. The van der Waals surface area contributed by atoms with E-state index < -0.39 is 0 Å². The Morgan fingerprint density at radius 2 is 2.07 bits per heavy atom. The van der Waals surface area contributed by atoms with Gasteiger partial charge in [-0.1, -0.05) is 31.0 Å². The van der Waals surface area contributed by atoms with Crippen LogP contribution in [-0.2, 0) is 0 Å². The third-order valence-corrected chi connectivity index (χ3v) is 6.04. The second-order valence-corrected chi connectivity index (χ2v) is 8.33. The second-order valence-electron chi connectivity index (χ2n) is 7.89. The van der Waals surface area contributed by atoms with Gasteiger partial charge in [0.1, 0.15) is 5.65 Å². The van der Waals surface area contributed by atoms with Gasteiger partial charge in [-0.2, -0.15) is 4.98 Å². The van der Waals surface area contributed by atoms with Crippen LogP contribution in [0.15, 0.2) is 29.2 Å². The molecule has 7 heteroatoms. The molecular formula is C22H27ClN4O2. The van der Waals surface area contributed by atoms with Gasteiger partial charge < -0.3 is 10.4 Å². The molecule has 2 N–H and O–H groups in total. The fourth-order valence-electron chi connectivity index (χ4n) is 4.22. The molecule has 0 radical (unpaired) electrons. The lowest BCUT2D eigenvalue weighted by Crippen LogP contribution is -2.26. The summed E-state index contributed by atoms with van der Waals surface area (Å²) in [5.74, 6) is 0.543. The van der Waals surface area contributed by atoms with E-state index >= 15 is 0 Å². The van der Waals surface area contributed by atoms with Crippen molar-refractivity contribution in [2.75, 3.05) is 11.9 Å². The molecule has 1 aromatic carbocycles. The van der Waals surface area contributed by atoms with E-state index in [2.05, 4.69) is 17.2 Å². The van der Waals surface area contributed by atoms with E-state index in [9.17, 15) is 9.90 Å². The van der Waals surface area contributed by atoms with Gasteiger partial charge in [-0.25, -0.2) is 4.98 Å². The summed E-state index contributed by atoms with van der Waals surface area (Å²) >= 11 is 6.20. The fourth-order valence-corrected chi connectivity index (χ4v) is 4.39. The number of nitrogens with one attached hydrogen (secondary N) is 1. The number of hydrogen-bond donors (Lipinski definition) is 2. The summed E-state index contributed by atoms with van der Waals surface area (Å²) < 4.78 is 1.82. The molecule has 1 aliphatic rings. The molecule has 2 heterocycles. The molecule has 0 spiro atoms. The smallest absolute Gasteiger partial charge is 0.260 e. The Labute approximate surface area is 174 Å². The minimum atomic E-state index is -0.294. The molecule has 29 heavy (non-hydrogen) atoms. The minimum Gasteiger partial charge on any atom is -0.393 e. The molecule has 1 saturated carbocycles. The highest BCUT2D eigenvalue weighted by molar-refractivity contribution is 6.31. The van der Waals surface area contributed by atoms with Gasteiger partial charge in [-0.15, -0.1) is 0 Å². The monoisotopic (exact) mass is 414 g/mol. The van der Waals surface area contributed by atoms with Crippen molar-refractivity contribution in [3.63, 3.8) is 0 Å². The van der Waals surface area contributed by atoms with Crippen molar-refractivity contribution in [1.82, 2.24) is 14.5 Å². The Morgan fingerprint density at radius 3 is 2.90 bits per heavy atom. The van der Waals surface area contributed by atoms with Crippen LogP contribution in [0.3, 0.4) is 0 Å². The average Bonchev–Trinajstić information content (AvgIpc) is 2.93. The first-order valence-electron chi connectivity index (χ1n) is 10.5. The summed E-state index contributed by atoms with van der Waals surface area (Å²) in [6.07, 6.45) is 7.59. The van der Waals surface area contributed by atoms with Crippen LogP contribution in [0, 0.1) is 0 Å². The summed E-state index contributed by atoms with van der Waals surface area (Å²) in [7, 11) is 0. The number of hydrogen-bond acceptors (Lipinski definition) is 5. The van der Waals surface area contributed by atoms with Crippen LogP contribution in [-0.4, -0.2) is 32.3 Å². The first-order chi connectivity index (χ1) is 14.1. The molecule has 0 unspecified atom stereocenters. The third-order valence-electron chi connectivity index (χ3n) is 5.80. The highest BCUT2D eigenvalue weighted by Crippen LogP contribution is 2.31. The van der Waals surface area contributed by atoms with E-state index in [-0.39, 0.29) is 17.7 Å². The number of nitrogens with zero attached hydrogens (tertiary/aromatic N) is 3. The summed E-state index contributed by atoms with van der Waals surface area (Å²) in [4.78, 5) is 22.8. The molecule has 2 atom stereocenters. The van der Waals surface area contributed by atoms with Crippen LogP contribution in [0.1, 0.15) is 57.9 Å². The molecule has 4 rings (SSSR count). The van der Waals surface area contributed by atoms with E-state index in [1.807, 2.05) is 10.6 Å². The molecular weight excluding hydrogens is 388 g/mol. The first kappa shape index (κ1) is 20.1. The van der Waals surface area contributed by atoms with Crippen LogP contribution >= 0.6 is 11.6 Å². The summed E-state index contributed by atoms with van der Waals surface area (Å²) in [5.41, 5.74) is 0.579. The van der Waals surface area contributed by atoms with Gasteiger partial charge >= 0.3 is 0 Å². The van der Waals surface area contributed by atoms with Crippen molar-refractivity contribution in [2.24, 2.45) is 0 Å². The Bertz CT molecular complexity index is 1080. The molecule has 6 nitrogen and oxygen atoms in total. The number of rotatable bonds is 5. The van der Waals surface area contributed by atoms with Gasteiger partial charge in [0.2, 0.25) is 5.95 Å². The van der Waals surface area contributed by atoms with Crippen molar-refractivity contribution in [2.45, 2.75) is 64.0 Å². The van der Waals surface area contributed by atoms with Gasteiger partial charge in [0.05, 0.1) is 6.10 Å². The number of halogens is 1. The normalized spacial score (nSPS) is 20.1. The third kappa shape index (κ3) is 4.09. The largest absolute Gasteiger partial charge is 0.393 e. The first-order valence-corrected chi connectivity index (χ1v) is 10.9. The highest BCUT2D eigenvalue weighted by Gasteiger charge is 2.23. The summed E-state index contributed by atoms with van der Waals surface area (Å²) in [6, 6.07) is 5.40. The van der Waals surface area contributed by atoms with E-state index in [1.54, 1.807) is 18.3 Å². The number of pyridine rings is 1. The van der Waals surface area contributed by atoms with Crippen LogP contribution in [0.2, 0.25) is 5.02 Å². The van der Waals surface area contributed by atoms with E-state index in [1.165, 1.54) is 0 Å². The minimum absolute atomic E-state index is 0.00363. The highest BCUT2D eigenvalue weighted by atomic mass is 35.5. The number of anilines is 1. The predicted molar refractivity (Wildman–Crippen MR) is 118 cm³/mol. The number of benzene rings is 1. The van der Waals surface area contributed by atoms with Crippen molar-refractivity contribution in [1.29, 1.82) is 0 Å². The molecule has 1 aliphatic carbocycles. The molecule has 2 aromatic heterocycles. The lowest BCUT2D eigenvalue weighted by Gasteiger charge is -2.21. The zero-order chi connectivity index (χ0) is 20.4. The van der Waals surface area contributed by atoms with Crippen LogP contribution < -0.4 is 10.9 Å². The average molecular weight is 415 g/mol. The van der Waals surface area contributed by atoms with E-state index in [4.69, 9.17) is 16.6 Å². The maximum Gasteiger partial charge on any atom is 0.260 e. The lowest BCUT2D eigenvalue weighted by molar-refractivity contribution is 0.156. The van der Waals surface area contributed by atoms with Crippen molar-refractivity contribution < 1.29 is 5.11 Å². The summed E-state index contributed by atoms with van der Waals surface area (Å²) in [6.45, 7) is 2.93. The second kappa shape index (κ2) is 8.67. The van der Waals surface area contributed by atoms with Crippen LogP contribution in [0.25, 0.3) is 21.8 Å². The molecule has 3 aromatic rings. The number of aromatic nitrogens is 3. The van der Waals surface area contributed by atoms with E-state index in [0.29, 0.717) is 28.4 Å². The molecule has 154 valence electrons. The Kier molecular flexibility index (Phi) is 6.01. The molecule has 0 amide bonds. The summed E-state index contributed by atoms with van der Waals surface area (Å²) in [5, 5.41) is 16.1. The zero-order valence-corrected chi connectivity index (χ0v) is 17.5. The van der Waals surface area contributed by atoms with Crippen molar-refractivity contribution in [3.8, 4) is 0 Å². The van der Waals surface area contributed by atoms with Crippen molar-refractivity contribution >= 4 is 39.4 Å². The Hall–Kier alpha value is -2.18. The fraction of sp³-hybridized carbons (Fsp3) is 0.500. The van der Waals surface area contributed by atoms with Crippen molar-refractivity contribution in [3.05, 3.63) is 39.8 Å². The van der Waals surface area contributed by atoms with Crippen LogP contribution in [0.4, 0.5) is 5.95 Å². The molecule has 0 bridgehead atoms. The van der Waals surface area contributed by atoms with Gasteiger partial charge in [-0.05, 0) is 56.0 Å².